The number of ether oxygens (including phenoxy) is 2. The van der Waals surface area contributed by atoms with Crippen molar-refractivity contribution in [2.24, 2.45) is 0 Å². The standard InChI is InChI=1S/C15H28O3/c1-2-5-14-12-15(16,9-11-18-14)8-3-6-13-7-4-10-17-13/h13-14,16H,2-12H2,1H3. The van der Waals surface area contributed by atoms with Crippen molar-refractivity contribution in [3.05, 3.63) is 0 Å². The topological polar surface area (TPSA) is 38.7 Å². The molecule has 2 heterocycles. The highest BCUT2D eigenvalue weighted by Gasteiger charge is 2.34. The molecule has 106 valence electrons. The molecule has 2 rings (SSSR count). The van der Waals surface area contributed by atoms with Crippen LogP contribution in [0.25, 0.3) is 0 Å². The molecule has 2 saturated heterocycles. The van der Waals surface area contributed by atoms with Crippen molar-refractivity contribution >= 4 is 0 Å². The number of rotatable bonds is 6. The van der Waals surface area contributed by atoms with Gasteiger partial charge in [-0.3, -0.25) is 0 Å². The Balaban J connectivity index is 1.68. The van der Waals surface area contributed by atoms with E-state index in [4.69, 9.17) is 9.47 Å². The van der Waals surface area contributed by atoms with E-state index in [0.717, 1.165) is 58.2 Å². The van der Waals surface area contributed by atoms with Gasteiger partial charge in [-0.2, -0.15) is 0 Å². The molecule has 0 saturated carbocycles. The van der Waals surface area contributed by atoms with E-state index >= 15 is 0 Å². The van der Waals surface area contributed by atoms with Gasteiger partial charge in [0.05, 0.1) is 17.8 Å². The molecule has 3 unspecified atom stereocenters. The van der Waals surface area contributed by atoms with Crippen molar-refractivity contribution in [2.75, 3.05) is 13.2 Å². The second-order valence-electron chi connectivity index (χ2n) is 5.99. The first-order valence-electron chi connectivity index (χ1n) is 7.67. The predicted molar refractivity (Wildman–Crippen MR) is 71.7 cm³/mol. The van der Waals surface area contributed by atoms with Gasteiger partial charge in [-0.1, -0.05) is 13.3 Å². The Bertz CT molecular complexity index is 236. The quantitative estimate of drug-likeness (QED) is 0.794. The summed E-state index contributed by atoms with van der Waals surface area (Å²) >= 11 is 0. The van der Waals surface area contributed by atoms with E-state index in [1.165, 1.54) is 12.8 Å². The average molecular weight is 256 g/mol. The summed E-state index contributed by atoms with van der Waals surface area (Å²) in [5.41, 5.74) is -0.476. The van der Waals surface area contributed by atoms with Gasteiger partial charge in [-0.25, -0.2) is 0 Å². The summed E-state index contributed by atoms with van der Waals surface area (Å²) in [6.45, 7) is 3.83. The minimum atomic E-state index is -0.476. The van der Waals surface area contributed by atoms with Crippen LogP contribution in [0.2, 0.25) is 0 Å². The first-order chi connectivity index (χ1) is 8.72. The van der Waals surface area contributed by atoms with Gasteiger partial charge < -0.3 is 14.6 Å². The SMILES string of the molecule is CCCC1CC(O)(CCCC2CCCO2)CCO1. The van der Waals surface area contributed by atoms with E-state index in [-0.39, 0.29) is 6.10 Å². The summed E-state index contributed by atoms with van der Waals surface area (Å²) < 4.78 is 11.3. The fourth-order valence-corrected chi connectivity index (χ4v) is 3.27. The Hall–Kier alpha value is -0.120. The van der Waals surface area contributed by atoms with Crippen molar-refractivity contribution in [1.82, 2.24) is 0 Å². The van der Waals surface area contributed by atoms with Crippen molar-refractivity contribution in [2.45, 2.75) is 82.5 Å². The first kappa shape index (κ1) is 14.3. The van der Waals surface area contributed by atoms with E-state index in [0.29, 0.717) is 6.10 Å². The Morgan fingerprint density at radius 2 is 2.00 bits per heavy atom. The van der Waals surface area contributed by atoms with Gasteiger partial charge in [0.2, 0.25) is 0 Å². The van der Waals surface area contributed by atoms with Gasteiger partial charge in [-0.05, 0) is 44.9 Å². The van der Waals surface area contributed by atoms with E-state index < -0.39 is 5.60 Å². The molecule has 0 aromatic rings. The largest absolute Gasteiger partial charge is 0.390 e. The first-order valence-corrected chi connectivity index (χ1v) is 7.67. The summed E-state index contributed by atoms with van der Waals surface area (Å²) in [5, 5.41) is 10.6. The zero-order valence-electron chi connectivity index (χ0n) is 11.7. The Morgan fingerprint density at radius 1 is 1.17 bits per heavy atom. The van der Waals surface area contributed by atoms with Gasteiger partial charge in [0.15, 0.2) is 0 Å². The summed E-state index contributed by atoms with van der Waals surface area (Å²) in [7, 11) is 0. The van der Waals surface area contributed by atoms with Crippen LogP contribution in [0.15, 0.2) is 0 Å². The number of hydrogen-bond donors (Lipinski definition) is 1. The summed E-state index contributed by atoms with van der Waals surface area (Å²) in [6.07, 6.45) is 10.1. The van der Waals surface area contributed by atoms with Gasteiger partial charge in [0.1, 0.15) is 0 Å². The predicted octanol–water partition coefficient (Wildman–Crippen LogP) is 3.05. The van der Waals surface area contributed by atoms with Crippen LogP contribution in [0.3, 0.4) is 0 Å². The fraction of sp³-hybridized carbons (Fsp3) is 1.00. The molecule has 3 atom stereocenters. The average Bonchev–Trinajstić information content (AvgIpc) is 2.82. The van der Waals surface area contributed by atoms with Crippen molar-refractivity contribution in [1.29, 1.82) is 0 Å². The monoisotopic (exact) mass is 256 g/mol. The van der Waals surface area contributed by atoms with E-state index in [1.807, 2.05) is 0 Å². The second kappa shape index (κ2) is 6.88. The van der Waals surface area contributed by atoms with Gasteiger partial charge in [0.25, 0.3) is 0 Å². The minimum absolute atomic E-state index is 0.275. The van der Waals surface area contributed by atoms with Crippen LogP contribution in [-0.4, -0.2) is 36.1 Å². The van der Waals surface area contributed by atoms with Gasteiger partial charge >= 0.3 is 0 Å². The van der Waals surface area contributed by atoms with Crippen LogP contribution in [-0.2, 0) is 9.47 Å². The zero-order chi connectivity index (χ0) is 12.8. The van der Waals surface area contributed by atoms with Crippen LogP contribution in [0, 0.1) is 0 Å². The lowest BCUT2D eigenvalue weighted by Gasteiger charge is -2.37. The summed E-state index contributed by atoms with van der Waals surface area (Å²) in [5.74, 6) is 0. The van der Waals surface area contributed by atoms with Gasteiger partial charge in [-0.15, -0.1) is 0 Å². The fourth-order valence-electron chi connectivity index (χ4n) is 3.27. The molecular formula is C15H28O3. The molecule has 0 aromatic carbocycles. The van der Waals surface area contributed by atoms with E-state index in [1.54, 1.807) is 0 Å². The lowest BCUT2D eigenvalue weighted by atomic mass is 9.84. The van der Waals surface area contributed by atoms with Crippen LogP contribution >= 0.6 is 0 Å². The molecule has 1 N–H and O–H groups in total. The van der Waals surface area contributed by atoms with Crippen LogP contribution in [0.1, 0.15) is 64.7 Å². The molecule has 0 aromatic heterocycles. The van der Waals surface area contributed by atoms with Crippen LogP contribution < -0.4 is 0 Å². The maximum atomic E-state index is 10.6. The third-order valence-electron chi connectivity index (χ3n) is 4.33. The lowest BCUT2D eigenvalue weighted by Crippen LogP contribution is -2.40. The maximum Gasteiger partial charge on any atom is 0.0694 e. The van der Waals surface area contributed by atoms with Crippen LogP contribution in [0.5, 0.6) is 0 Å². The Labute approximate surface area is 111 Å². The Kier molecular flexibility index (Phi) is 5.46. The molecule has 3 nitrogen and oxygen atoms in total. The summed E-state index contributed by atoms with van der Waals surface area (Å²) in [6, 6.07) is 0. The second-order valence-corrected chi connectivity index (χ2v) is 5.99. The molecule has 3 heteroatoms. The molecule has 0 aliphatic carbocycles. The highest BCUT2D eigenvalue weighted by atomic mass is 16.5. The molecule has 0 radical (unpaired) electrons. The number of aliphatic hydroxyl groups is 1. The molecule has 2 aliphatic heterocycles. The Morgan fingerprint density at radius 3 is 2.72 bits per heavy atom. The maximum absolute atomic E-state index is 10.6. The van der Waals surface area contributed by atoms with E-state index in [9.17, 15) is 5.11 Å². The third-order valence-corrected chi connectivity index (χ3v) is 4.33. The minimum Gasteiger partial charge on any atom is -0.390 e. The molecule has 0 amide bonds. The molecule has 2 fully saturated rings. The molecule has 18 heavy (non-hydrogen) atoms. The van der Waals surface area contributed by atoms with E-state index in [2.05, 4.69) is 6.92 Å². The smallest absolute Gasteiger partial charge is 0.0694 e. The molecule has 2 aliphatic rings. The molecule has 0 spiro atoms. The third kappa shape index (κ3) is 4.22. The van der Waals surface area contributed by atoms with Crippen LogP contribution in [0.4, 0.5) is 0 Å². The normalized spacial score (nSPS) is 37.0. The zero-order valence-corrected chi connectivity index (χ0v) is 11.7. The highest BCUT2D eigenvalue weighted by molar-refractivity contribution is 4.86. The molecular weight excluding hydrogens is 228 g/mol. The van der Waals surface area contributed by atoms with Crippen molar-refractivity contribution in [3.63, 3.8) is 0 Å². The lowest BCUT2D eigenvalue weighted by molar-refractivity contribution is -0.110. The number of hydrogen-bond acceptors (Lipinski definition) is 3. The molecule has 0 bridgehead atoms. The summed E-state index contributed by atoms with van der Waals surface area (Å²) in [4.78, 5) is 0. The van der Waals surface area contributed by atoms with Gasteiger partial charge in [0, 0.05) is 19.6 Å². The van der Waals surface area contributed by atoms with Crippen molar-refractivity contribution in [3.8, 4) is 0 Å². The van der Waals surface area contributed by atoms with Crippen molar-refractivity contribution < 1.29 is 14.6 Å². The highest BCUT2D eigenvalue weighted by Crippen LogP contribution is 2.32.